The van der Waals surface area contributed by atoms with Crippen LogP contribution in [0.5, 0.6) is 11.5 Å². The molecule has 2 aromatic rings. The molecule has 0 N–H and O–H groups in total. The van der Waals surface area contributed by atoms with Crippen molar-refractivity contribution in [3.63, 3.8) is 0 Å². The molecule has 1 aliphatic heterocycles. The number of nitrogens with zero attached hydrogens (tertiary/aromatic N) is 2. The molecular weight excluding hydrogens is 352 g/mol. The number of benzene rings is 2. The molecule has 26 heavy (non-hydrogen) atoms. The van der Waals surface area contributed by atoms with Gasteiger partial charge in [-0.15, -0.1) is 0 Å². The lowest BCUT2D eigenvalue weighted by molar-refractivity contribution is 0.375. The van der Waals surface area contributed by atoms with Gasteiger partial charge in [-0.3, -0.25) is 0 Å². The molecule has 6 nitrogen and oxygen atoms in total. The highest BCUT2D eigenvalue weighted by atomic mass is 32.2. The minimum Gasteiger partial charge on any atom is -0.497 e. The summed E-state index contributed by atoms with van der Waals surface area (Å²) in [6.07, 6.45) is 1.64. The standard InChI is InChI=1S/C19H22N2O4S/c1-13-5-7-14(8-6-13)18-12-17(20-21(18)26(4,22)23)16-10-9-15(24-2)11-19(16)25-3/h5-11,18H,12H2,1-4H3/t18-/m0/s1. The summed E-state index contributed by atoms with van der Waals surface area (Å²) < 4.78 is 36.4. The second-order valence-electron chi connectivity index (χ2n) is 6.28. The van der Waals surface area contributed by atoms with Gasteiger partial charge in [0.1, 0.15) is 11.5 Å². The smallest absolute Gasteiger partial charge is 0.247 e. The van der Waals surface area contributed by atoms with Gasteiger partial charge in [0, 0.05) is 18.1 Å². The molecule has 0 saturated carbocycles. The van der Waals surface area contributed by atoms with Crippen LogP contribution in [0.1, 0.15) is 29.2 Å². The van der Waals surface area contributed by atoms with Crippen molar-refractivity contribution in [3.8, 4) is 11.5 Å². The highest BCUT2D eigenvalue weighted by molar-refractivity contribution is 7.88. The lowest BCUT2D eigenvalue weighted by Gasteiger charge is -2.21. The average molecular weight is 374 g/mol. The van der Waals surface area contributed by atoms with Crippen molar-refractivity contribution in [2.24, 2.45) is 5.10 Å². The predicted molar refractivity (Wildman–Crippen MR) is 101 cm³/mol. The summed E-state index contributed by atoms with van der Waals surface area (Å²) in [5, 5.41) is 4.42. The van der Waals surface area contributed by atoms with Crippen molar-refractivity contribution in [2.45, 2.75) is 19.4 Å². The van der Waals surface area contributed by atoms with Crippen molar-refractivity contribution in [1.82, 2.24) is 4.41 Å². The monoisotopic (exact) mass is 374 g/mol. The Morgan fingerprint density at radius 2 is 1.77 bits per heavy atom. The third kappa shape index (κ3) is 3.53. The summed E-state index contributed by atoms with van der Waals surface area (Å²) in [7, 11) is -0.350. The van der Waals surface area contributed by atoms with Crippen molar-refractivity contribution in [2.75, 3.05) is 20.5 Å². The van der Waals surface area contributed by atoms with E-state index in [4.69, 9.17) is 9.47 Å². The van der Waals surface area contributed by atoms with E-state index >= 15 is 0 Å². The number of ether oxygens (including phenoxy) is 2. The first kappa shape index (κ1) is 18.3. The van der Waals surface area contributed by atoms with Crippen LogP contribution >= 0.6 is 0 Å². The third-order valence-electron chi connectivity index (χ3n) is 4.39. The fourth-order valence-corrected chi connectivity index (χ4v) is 3.94. The molecule has 0 bridgehead atoms. The molecule has 2 aromatic carbocycles. The molecule has 1 atom stereocenters. The quantitative estimate of drug-likeness (QED) is 0.806. The van der Waals surface area contributed by atoms with E-state index in [1.54, 1.807) is 20.3 Å². The minimum atomic E-state index is -3.50. The molecule has 0 amide bonds. The van der Waals surface area contributed by atoms with Crippen LogP contribution in [-0.2, 0) is 10.0 Å². The molecule has 1 aliphatic rings. The van der Waals surface area contributed by atoms with E-state index < -0.39 is 10.0 Å². The normalized spacial score (nSPS) is 17.2. The van der Waals surface area contributed by atoms with Crippen molar-refractivity contribution in [1.29, 1.82) is 0 Å². The number of rotatable bonds is 5. The van der Waals surface area contributed by atoms with Crippen molar-refractivity contribution >= 4 is 15.7 Å². The highest BCUT2D eigenvalue weighted by Crippen LogP contribution is 2.37. The maximum atomic E-state index is 12.3. The Hall–Kier alpha value is -2.54. The van der Waals surface area contributed by atoms with Gasteiger partial charge in [0.2, 0.25) is 10.0 Å². The summed E-state index contributed by atoms with van der Waals surface area (Å²) in [5.41, 5.74) is 3.46. The van der Waals surface area contributed by atoms with Gasteiger partial charge in [-0.25, -0.2) is 8.42 Å². The van der Waals surface area contributed by atoms with Crippen LogP contribution in [-0.4, -0.2) is 39.0 Å². The van der Waals surface area contributed by atoms with Gasteiger partial charge in [-0.2, -0.15) is 9.52 Å². The van der Waals surface area contributed by atoms with Gasteiger partial charge >= 0.3 is 0 Å². The number of hydrogen-bond donors (Lipinski definition) is 0. The molecule has 0 radical (unpaired) electrons. The first-order chi connectivity index (χ1) is 12.3. The lowest BCUT2D eigenvalue weighted by Crippen LogP contribution is -2.25. The molecule has 7 heteroatoms. The largest absolute Gasteiger partial charge is 0.497 e. The van der Waals surface area contributed by atoms with Crippen LogP contribution in [0.2, 0.25) is 0 Å². The molecule has 0 saturated heterocycles. The Morgan fingerprint density at radius 3 is 2.35 bits per heavy atom. The van der Waals surface area contributed by atoms with E-state index in [1.807, 2.05) is 43.3 Å². The van der Waals surface area contributed by atoms with Gasteiger partial charge in [0.15, 0.2) is 0 Å². The molecule has 0 spiro atoms. The Bertz CT molecular complexity index is 937. The lowest BCUT2D eigenvalue weighted by atomic mass is 9.98. The number of aryl methyl sites for hydroxylation is 1. The summed E-state index contributed by atoms with van der Waals surface area (Å²) in [6, 6.07) is 12.9. The van der Waals surface area contributed by atoms with Crippen LogP contribution in [0.15, 0.2) is 47.6 Å². The maximum Gasteiger partial charge on any atom is 0.247 e. The topological polar surface area (TPSA) is 68.2 Å². The van der Waals surface area contributed by atoms with Gasteiger partial charge in [-0.1, -0.05) is 29.8 Å². The van der Waals surface area contributed by atoms with E-state index in [-0.39, 0.29) is 6.04 Å². The second kappa shape index (κ2) is 6.99. The van der Waals surface area contributed by atoms with Crippen LogP contribution in [0, 0.1) is 6.92 Å². The first-order valence-electron chi connectivity index (χ1n) is 8.19. The molecular formula is C19H22N2O4S. The predicted octanol–water partition coefficient (Wildman–Crippen LogP) is 3.12. The third-order valence-corrected chi connectivity index (χ3v) is 5.41. The summed E-state index contributed by atoms with van der Waals surface area (Å²) in [6.45, 7) is 2.00. The van der Waals surface area contributed by atoms with E-state index in [1.165, 1.54) is 10.7 Å². The molecule has 0 fully saturated rings. The van der Waals surface area contributed by atoms with Gasteiger partial charge in [0.25, 0.3) is 0 Å². The number of methoxy groups -OCH3 is 2. The van der Waals surface area contributed by atoms with Crippen LogP contribution in [0.25, 0.3) is 0 Å². The van der Waals surface area contributed by atoms with Crippen LogP contribution in [0.3, 0.4) is 0 Å². The van der Waals surface area contributed by atoms with E-state index in [9.17, 15) is 8.42 Å². The Morgan fingerprint density at radius 1 is 1.08 bits per heavy atom. The number of hydrogen-bond acceptors (Lipinski definition) is 5. The van der Waals surface area contributed by atoms with Gasteiger partial charge in [0.05, 0.1) is 32.2 Å². The molecule has 0 aromatic heterocycles. The summed E-state index contributed by atoms with van der Waals surface area (Å²) in [4.78, 5) is 0. The van der Waals surface area contributed by atoms with E-state index in [2.05, 4.69) is 5.10 Å². The zero-order valence-electron chi connectivity index (χ0n) is 15.3. The minimum absolute atomic E-state index is 0.368. The van der Waals surface area contributed by atoms with Crippen molar-refractivity contribution in [3.05, 3.63) is 59.2 Å². The fourth-order valence-electron chi connectivity index (χ4n) is 3.03. The van der Waals surface area contributed by atoms with E-state index in [0.717, 1.165) is 16.7 Å². The summed E-state index contributed by atoms with van der Waals surface area (Å²) in [5.74, 6) is 1.26. The van der Waals surface area contributed by atoms with Crippen LogP contribution in [0.4, 0.5) is 0 Å². The molecule has 138 valence electrons. The van der Waals surface area contributed by atoms with Gasteiger partial charge < -0.3 is 9.47 Å². The second-order valence-corrected chi connectivity index (χ2v) is 8.12. The number of hydrazone groups is 1. The Kier molecular flexibility index (Phi) is 4.91. The van der Waals surface area contributed by atoms with Crippen LogP contribution < -0.4 is 9.47 Å². The Balaban J connectivity index is 2.03. The molecule has 1 heterocycles. The van der Waals surface area contributed by atoms with Gasteiger partial charge in [-0.05, 0) is 24.6 Å². The molecule has 0 aliphatic carbocycles. The zero-order chi connectivity index (χ0) is 18.9. The Labute approximate surface area is 154 Å². The maximum absolute atomic E-state index is 12.3. The van der Waals surface area contributed by atoms with E-state index in [0.29, 0.717) is 23.6 Å². The van der Waals surface area contributed by atoms with Crippen molar-refractivity contribution < 1.29 is 17.9 Å². The molecule has 3 rings (SSSR count). The fraction of sp³-hybridized carbons (Fsp3) is 0.316. The number of sulfonamides is 1. The summed E-state index contributed by atoms with van der Waals surface area (Å²) >= 11 is 0. The SMILES string of the molecule is COc1ccc(C2=NN(S(C)(=O)=O)[C@H](c3ccc(C)cc3)C2)c(OC)c1. The molecule has 0 unspecified atom stereocenters. The first-order valence-corrected chi connectivity index (χ1v) is 10.0. The zero-order valence-corrected chi connectivity index (χ0v) is 16.1. The average Bonchev–Trinajstić information content (AvgIpc) is 3.07. The highest BCUT2D eigenvalue weighted by Gasteiger charge is 2.35.